The van der Waals surface area contributed by atoms with E-state index in [1.54, 1.807) is 29.2 Å². The number of hydrogen-bond acceptors (Lipinski definition) is 8. The van der Waals surface area contributed by atoms with Gasteiger partial charge in [0, 0.05) is 42.7 Å². The summed E-state index contributed by atoms with van der Waals surface area (Å²) in [6.45, 7) is 4.21. The minimum Gasteiger partial charge on any atom is -0.457 e. The van der Waals surface area contributed by atoms with Gasteiger partial charge in [0.2, 0.25) is 5.91 Å². The number of aryl methyl sites for hydroxylation is 1. The van der Waals surface area contributed by atoms with E-state index < -0.39 is 17.4 Å². The van der Waals surface area contributed by atoms with Crippen molar-refractivity contribution in [3.8, 4) is 11.5 Å². The van der Waals surface area contributed by atoms with Gasteiger partial charge in [-0.05, 0) is 60.4 Å². The zero-order chi connectivity index (χ0) is 29.1. The van der Waals surface area contributed by atoms with Crippen LogP contribution in [0, 0.1) is 6.92 Å². The van der Waals surface area contributed by atoms with Crippen LogP contribution in [0.5, 0.6) is 11.5 Å². The number of para-hydroxylation sites is 1. The molecule has 0 saturated carbocycles. The van der Waals surface area contributed by atoms with Gasteiger partial charge in [-0.3, -0.25) is 14.4 Å². The number of thiophene rings is 1. The summed E-state index contributed by atoms with van der Waals surface area (Å²) >= 11 is 1.24. The highest BCUT2D eigenvalue weighted by molar-refractivity contribution is 7.21. The summed E-state index contributed by atoms with van der Waals surface area (Å²) in [6, 6.07) is 17.1. The first-order valence-electron chi connectivity index (χ1n) is 13.4. The number of nitrogens with one attached hydrogen (secondary N) is 1. The first-order chi connectivity index (χ1) is 19.6. The van der Waals surface area contributed by atoms with Crippen LogP contribution in [0.1, 0.15) is 51.3 Å². The lowest BCUT2D eigenvalue weighted by Gasteiger charge is -2.37. The Hall–Kier alpha value is -4.25. The second-order valence-electron chi connectivity index (χ2n) is 10.7. The van der Waals surface area contributed by atoms with Gasteiger partial charge in [-0.25, -0.2) is 0 Å². The van der Waals surface area contributed by atoms with Gasteiger partial charge in [-0.1, -0.05) is 30.3 Å². The molecule has 7 N–H and O–H groups in total. The van der Waals surface area contributed by atoms with Crippen LogP contribution < -0.4 is 27.3 Å². The molecule has 9 nitrogen and oxygen atoms in total. The molecule has 0 bridgehead atoms. The molecule has 2 amide bonds. The van der Waals surface area contributed by atoms with Crippen molar-refractivity contribution >= 4 is 44.7 Å². The van der Waals surface area contributed by atoms with E-state index in [1.807, 2.05) is 43.3 Å². The summed E-state index contributed by atoms with van der Waals surface area (Å²) in [5, 5.41) is 3.54. The number of nitrogens with two attached hydrogens (primary N) is 3. The Balaban J connectivity index is 1.43. The standard InChI is InChI=1S/C31H31N5O4S/c1-16-14-20(40-19-6-4-3-5-7-19)8-9-21(16)31(34)22-10-11-23(32)27-24(22)25(26(33)29(31)38)28(41-27)30(39)36-13-12-18(15-36)35-17(2)37/h3-11,14,18,26H,12-13,15,32-34H2,1-2H3,(H,35,37)/t18-,26-,31-/m0/s1. The topological polar surface area (TPSA) is 154 Å². The van der Waals surface area contributed by atoms with E-state index >= 15 is 0 Å². The maximum Gasteiger partial charge on any atom is 0.264 e. The van der Waals surface area contributed by atoms with Gasteiger partial charge < -0.3 is 32.2 Å². The van der Waals surface area contributed by atoms with Crippen molar-refractivity contribution in [1.82, 2.24) is 10.2 Å². The molecule has 0 radical (unpaired) electrons. The third-order valence-corrected chi connectivity index (χ3v) is 9.23. The quantitative estimate of drug-likeness (QED) is 0.267. The van der Waals surface area contributed by atoms with Crippen LogP contribution in [-0.2, 0) is 15.1 Å². The number of anilines is 1. The van der Waals surface area contributed by atoms with Gasteiger partial charge in [-0.2, -0.15) is 0 Å². The van der Waals surface area contributed by atoms with Crippen molar-refractivity contribution in [2.24, 2.45) is 11.5 Å². The number of likely N-dealkylation sites (tertiary alicyclic amines) is 1. The lowest BCUT2D eigenvalue weighted by atomic mass is 9.69. The van der Waals surface area contributed by atoms with Crippen molar-refractivity contribution in [3.63, 3.8) is 0 Å². The van der Waals surface area contributed by atoms with Gasteiger partial charge in [0.05, 0.1) is 15.6 Å². The van der Waals surface area contributed by atoms with Crippen molar-refractivity contribution < 1.29 is 19.1 Å². The van der Waals surface area contributed by atoms with E-state index in [2.05, 4.69) is 5.32 Å². The molecule has 4 aromatic rings. The number of carbonyl (C=O) groups is 3. The minimum atomic E-state index is -1.56. The Bertz CT molecular complexity index is 1720. The van der Waals surface area contributed by atoms with E-state index in [4.69, 9.17) is 21.9 Å². The molecule has 41 heavy (non-hydrogen) atoms. The molecule has 1 aromatic heterocycles. The van der Waals surface area contributed by atoms with Gasteiger partial charge in [0.25, 0.3) is 5.91 Å². The van der Waals surface area contributed by atoms with Crippen LogP contribution in [0.2, 0.25) is 0 Å². The lowest BCUT2D eigenvalue weighted by molar-refractivity contribution is -0.124. The summed E-state index contributed by atoms with van der Waals surface area (Å²) in [5.41, 5.74) is 21.5. The van der Waals surface area contributed by atoms with Crippen molar-refractivity contribution in [3.05, 3.63) is 87.8 Å². The molecular formula is C31H31N5O4S. The lowest BCUT2D eigenvalue weighted by Crippen LogP contribution is -2.53. The predicted molar refractivity (Wildman–Crippen MR) is 159 cm³/mol. The zero-order valence-electron chi connectivity index (χ0n) is 22.8. The number of Topliss-reactive ketones (excluding diaryl/α,β-unsaturated/α-hetero) is 1. The number of nitrogen functional groups attached to an aromatic ring is 1. The molecule has 1 aliphatic heterocycles. The molecule has 0 spiro atoms. The third-order valence-electron chi connectivity index (χ3n) is 7.99. The summed E-state index contributed by atoms with van der Waals surface area (Å²) in [5.74, 6) is 0.537. The molecule has 6 rings (SSSR count). The summed E-state index contributed by atoms with van der Waals surface area (Å²) in [4.78, 5) is 41.5. The first-order valence-corrected chi connectivity index (χ1v) is 14.3. The molecule has 1 saturated heterocycles. The van der Waals surface area contributed by atoms with E-state index in [9.17, 15) is 14.4 Å². The largest absolute Gasteiger partial charge is 0.457 e. The predicted octanol–water partition coefficient (Wildman–Crippen LogP) is 3.72. The molecular weight excluding hydrogens is 538 g/mol. The number of ether oxygens (including phenoxy) is 1. The van der Waals surface area contributed by atoms with Gasteiger partial charge in [-0.15, -0.1) is 11.3 Å². The molecule has 210 valence electrons. The normalized spacial score (nSPS) is 21.8. The van der Waals surface area contributed by atoms with Crippen LogP contribution >= 0.6 is 11.3 Å². The fraction of sp³-hybridized carbons (Fsp3) is 0.258. The Kier molecular flexibility index (Phi) is 6.56. The molecule has 3 aromatic carbocycles. The zero-order valence-corrected chi connectivity index (χ0v) is 23.6. The first kappa shape index (κ1) is 26.9. The van der Waals surface area contributed by atoms with Gasteiger partial charge in [0.15, 0.2) is 5.78 Å². The average molecular weight is 570 g/mol. The van der Waals surface area contributed by atoms with Crippen molar-refractivity contribution in [2.45, 2.75) is 37.9 Å². The van der Waals surface area contributed by atoms with Crippen LogP contribution in [0.4, 0.5) is 5.69 Å². The number of benzene rings is 3. The Morgan fingerprint density at radius 3 is 2.51 bits per heavy atom. The summed E-state index contributed by atoms with van der Waals surface area (Å²) in [6.07, 6.45) is 0.652. The molecule has 10 heteroatoms. The summed E-state index contributed by atoms with van der Waals surface area (Å²) < 4.78 is 6.67. The smallest absolute Gasteiger partial charge is 0.264 e. The Morgan fingerprint density at radius 1 is 1.07 bits per heavy atom. The van der Waals surface area contributed by atoms with Gasteiger partial charge >= 0.3 is 0 Å². The SMILES string of the molecule is CC(=O)N[C@H]1CCN(C(=O)c2sc3c(N)ccc4c3c2[C@H](N)C(=O)[C@]4(N)c2ccc(Oc3ccccc3)cc2C)C1. The van der Waals surface area contributed by atoms with E-state index in [1.165, 1.54) is 18.3 Å². The van der Waals surface area contributed by atoms with E-state index in [-0.39, 0.29) is 17.9 Å². The molecule has 0 unspecified atom stereocenters. The van der Waals surface area contributed by atoms with Crippen molar-refractivity contribution in [2.75, 3.05) is 18.8 Å². The maximum absolute atomic E-state index is 14.2. The molecule has 3 atom stereocenters. The highest BCUT2D eigenvalue weighted by Crippen LogP contribution is 2.50. The van der Waals surface area contributed by atoms with Crippen LogP contribution in [0.25, 0.3) is 10.1 Å². The number of nitrogens with zero attached hydrogens (tertiary/aromatic N) is 1. The van der Waals surface area contributed by atoms with E-state index in [0.717, 1.165) is 5.56 Å². The third kappa shape index (κ3) is 4.35. The summed E-state index contributed by atoms with van der Waals surface area (Å²) in [7, 11) is 0. The van der Waals surface area contributed by atoms with Gasteiger partial charge in [0.1, 0.15) is 17.0 Å². The number of carbonyl (C=O) groups excluding carboxylic acids is 3. The number of amides is 2. The fourth-order valence-corrected chi connectivity index (χ4v) is 7.35. The molecule has 1 fully saturated rings. The van der Waals surface area contributed by atoms with Crippen LogP contribution in [0.3, 0.4) is 0 Å². The second kappa shape index (κ2) is 9.99. The van der Waals surface area contributed by atoms with E-state index in [0.29, 0.717) is 68.4 Å². The fourth-order valence-electron chi connectivity index (χ4n) is 6.08. The second-order valence-corrected chi connectivity index (χ2v) is 11.8. The van der Waals surface area contributed by atoms with Crippen molar-refractivity contribution in [1.29, 1.82) is 0 Å². The Morgan fingerprint density at radius 2 is 1.80 bits per heavy atom. The number of ketones is 1. The van der Waals surface area contributed by atoms with Crippen LogP contribution in [0.15, 0.2) is 60.7 Å². The monoisotopic (exact) mass is 569 g/mol. The molecule has 1 aliphatic carbocycles. The highest BCUT2D eigenvalue weighted by atomic mass is 32.1. The minimum absolute atomic E-state index is 0.119. The number of rotatable bonds is 5. The molecule has 2 aliphatic rings. The van der Waals surface area contributed by atoms with Crippen LogP contribution in [-0.4, -0.2) is 41.6 Å². The highest BCUT2D eigenvalue weighted by Gasteiger charge is 2.49. The molecule has 2 heterocycles. The average Bonchev–Trinajstić information content (AvgIpc) is 3.57. The number of hydrogen-bond donors (Lipinski definition) is 4. The maximum atomic E-state index is 14.2. The Labute approximate surface area is 241 Å².